The Kier molecular flexibility index (Phi) is 11.8. The monoisotopic (exact) mass is 636 g/mol. The molecular weight excluding hydrogens is 602 g/mol. The van der Waals surface area contributed by atoms with Gasteiger partial charge in [0.05, 0.1) is 5.69 Å². The van der Waals surface area contributed by atoms with Gasteiger partial charge in [-0.05, 0) is 53.4 Å². The van der Waals surface area contributed by atoms with Gasteiger partial charge in [-0.15, -0.1) is 0 Å². The molecule has 0 radical (unpaired) electrons. The molecule has 3 aromatic carbocycles. The number of hydrogen-bond acceptors (Lipinski definition) is 4. The molecule has 226 valence electrons. The average molecular weight is 638 g/mol. The Balaban J connectivity index is 2.11. The molecule has 0 saturated heterocycles. The number of hydrogen-bond donors (Lipinski definition) is 1. The Bertz CT molecular complexity index is 1470. The molecule has 1 atom stereocenters. The van der Waals surface area contributed by atoms with Crippen molar-refractivity contribution < 1.29 is 22.4 Å². The molecule has 0 spiro atoms. The summed E-state index contributed by atoms with van der Waals surface area (Å²) >= 11 is 12.6. The minimum atomic E-state index is -4.19. The molecule has 2 amide bonds. The summed E-state index contributed by atoms with van der Waals surface area (Å²) in [4.78, 5) is 29.2. The molecule has 0 saturated carbocycles. The third-order valence-corrected chi connectivity index (χ3v) is 8.85. The van der Waals surface area contributed by atoms with E-state index in [-0.39, 0.29) is 29.6 Å². The number of anilines is 1. The quantitative estimate of drug-likeness (QED) is 0.281. The second-order valence-corrected chi connectivity index (χ2v) is 13.3. The van der Waals surface area contributed by atoms with Crippen molar-refractivity contribution in [3.8, 4) is 0 Å². The summed E-state index contributed by atoms with van der Waals surface area (Å²) in [6.45, 7) is 3.54. The topological polar surface area (TPSA) is 90.0 Å². The number of carbonyl (C=O) groups is 2. The second kappa shape index (κ2) is 14.8. The van der Waals surface area contributed by atoms with Crippen LogP contribution in [-0.2, 0) is 32.8 Å². The van der Waals surface area contributed by atoms with E-state index in [1.54, 1.807) is 12.1 Å². The molecule has 0 aromatic heterocycles. The van der Waals surface area contributed by atoms with Gasteiger partial charge in [0.25, 0.3) is 0 Å². The highest BCUT2D eigenvalue weighted by Crippen LogP contribution is 2.26. The maximum atomic E-state index is 14.2. The third-order valence-electron chi connectivity index (χ3n) is 6.44. The van der Waals surface area contributed by atoms with Crippen molar-refractivity contribution >= 4 is 50.9 Å². The van der Waals surface area contributed by atoms with Crippen LogP contribution in [0.4, 0.5) is 10.1 Å². The number of rotatable bonds is 13. The van der Waals surface area contributed by atoms with E-state index < -0.39 is 40.4 Å². The van der Waals surface area contributed by atoms with E-state index in [2.05, 4.69) is 5.32 Å². The predicted octanol–water partition coefficient (Wildman–Crippen LogP) is 5.16. The number of nitrogens with zero attached hydrogens (tertiary/aromatic N) is 3. The standard InChI is InChI=1S/C30H35Cl2FN4O4S/c1-21(2)18-34-30(39)28(16-22-8-6-5-7-9-22)36(19-23-10-11-24(31)17-27(23)32)29(38)20-37(42(40,41)35(3)4)26-14-12-25(33)13-15-26/h5-15,17,21,28H,16,18-20H2,1-4H3,(H,34,39)/t28-/m1/s1. The first kappa shape index (κ1) is 33.3. The molecule has 12 heteroatoms. The molecule has 0 aliphatic rings. The zero-order chi connectivity index (χ0) is 31.0. The fourth-order valence-electron chi connectivity index (χ4n) is 4.13. The average Bonchev–Trinajstić information content (AvgIpc) is 2.94. The van der Waals surface area contributed by atoms with Crippen LogP contribution in [0.25, 0.3) is 0 Å². The van der Waals surface area contributed by atoms with Crippen molar-refractivity contribution in [2.75, 3.05) is 31.5 Å². The van der Waals surface area contributed by atoms with Gasteiger partial charge in [0.15, 0.2) is 0 Å². The van der Waals surface area contributed by atoms with Crippen LogP contribution in [-0.4, -0.2) is 62.7 Å². The Labute approximate surface area is 257 Å². The molecule has 1 N–H and O–H groups in total. The van der Waals surface area contributed by atoms with Gasteiger partial charge in [-0.3, -0.25) is 9.59 Å². The Morgan fingerprint density at radius 2 is 1.60 bits per heavy atom. The van der Waals surface area contributed by atoms with Gasteiger partial charge >= 0.3 is 10.2 Å². The zero-order valence-electron chi connectivity index (χ0n) is 23.9. The number of benzene rings is 3. The molecular formula is C30H35Cl2FN4O4S. The highest BCUT2D eigenvalue weighted by atomic mass is 35.5. The molecule has 0 fully saturated rings. The van der Waals surface area contributed by atoms with Gasteiger partial charge in [-0.2, -0.15) is 12.7 Å². The van der Waals surface area contributed by atoms with E-state index >= 15 is 0 Å². The van der Waals surface area contributed by atoms with Crippen molar-refractivity contribution in [2.45, 2.75) is 32.9 Å². The van der Waals surface area contributed by atoms with Crippen molar-refractivity contribution in [1.29, 1.82) is 0 Å². The first-order valence-electron chi connectivity index (χ1n) is 13.3. The maximum absolute atomic E-state index is 14.2. The van der Waals surface area contributed by atoms with Gasteiger partial charge < -0.3 is 10.2 Å². The van der Waals surface area contributed by atoms with Crippen LogP contribution in [0.5, 0.6) is 0 Å². The van der Waals surface area contributed by atoms with Crippen LogP contribution < -0.4 is 9.62 Å². The van der Waals surface area contributed by atoms with Crippen LogP contribution in [0.3, 0.4) is 0 Å². The highest BCUT2D eigenvalue weighted by molar-refractivity contribution is 7.90. The lowest BCUT2D eigenvalue weighted by molar-refractivity contribution is -0.140. The first-order chi connectivity index (χ1) is 19.8. The van der Waals surface area contributed by atoms with Gasteiger partial charge in [-0.25, -0.2) is 8.70 Å². The van der Waals surface area contributed by atoms with E-state index in [0.29, 0.717) is 17.1 Å². The van der Waals surface area contributed by atoms with Crippen molar-refractivity contribution in [2.24, 2.45) is 5.92 Å². The molecule has 0 aliphatic carbocycles. The number of amides is 2. The van der Waals surface area contributed by atoms with Crippen molar-refractivity contribution in [3.05, 3.63) is 99.8 Å². The van der Waals surface area contributed by atoms with Gasteiger partial charge in [0, 0.05) is 43.7 Å². The summed E-state index contributed by atoms with van der Waals surface area (Å²) in [6, 6.07) is 17.8. The minimum absolute atomic E-state index is 0.0896. The fourth-order valence-corrected chi connectivity index (χ4v) is 5.66. The van der Waals surface area contributed by atoms with E-state index in [9.17, 15) is 22.4 Å². The predicted molar refractivity (Wildman–Crippen MR) is 165 cm³/mol. The van der Waals surface area contributed by atoms with Crippen LogP contribution in [0.15, 0.2) is 72.8 Å². The largest absolute Gasteiger partial charge is 0.354 e. The molecule has 0 bridgehead atoms. The Morgan fingerprint density at radius 1 is 0.952 bits per heavy atom. The lowest BCUT2D eigenvalue weighted by atomic mass is 10.0. The molecule has 3 aromatic rings. The lowest BCUT2D eigenvalue weighted by Crippen LogP contribution is -2.54. The summed E-state index contributed by atoms with van der Waals surface area (Å²) in [5.74, 6) is -1.46. The number of halogens is 3. The zero-order valence-corrected chi connectivity index (χ0v) is 26.3. The smallest absolute Gasteiger partial charge is 0.304 e. The van der Waals surface area contributed by atoms with E-state index in [1.807, 2.05) is 44.2 Å². The van der Waals surface area contributed by atoms with Crippen LogP contribution in [0.1, 0.15) is 25.0 Å². The first-order valence-corrected chi connectivity index (χ1v) is 15.5. The van der Waals surface area contributed by atoms with Crippen LogP contribution in [0.2, 0.25) is 10.0 Å². The summed E-state index contributed by atoms with van der Waals surface area (Å²) in [5.41, 5.74) is 1.42. The lowest BCUT2D eigenvalue weighted by Gasteiger charge is -2.34. The third kappa shape index (κ3) is 8.91. The van der Waals surface area contributed by atoms with E-state index in [1.165, 1.54) is 37.2 Å². The Morgan fingerprint density at radius 3 is 2.17 bits per heavy atom. The van der Waals surface area contributed by atoms with E-state index in [0.717, 1.165) is 26.3 Å². The minimum Gasteiger partial charge on any atom is -0.354 e. The van der Waals surface area contributed by atoms with Gasteiger partial charge in [0.1, 0.15) is 18.4 Å². The molecule has 0 unspecified atom stereocenters. The van der Waals surface area contributed by atoms with Crippen molar-refractivity contribution in [3.63, 3.8) is 0 Å². The maximum Gasteiger partial charge on any atom is 0.304 e. The molecule has 8 nitrogen and oxygen atoms in total. The number of nitrogens with one attached hydrogen (secondary N) is 1. The van der Waals surface area contributed by atoms with Gasteiger partial charge in [0.2, 0.25) is 11.8 Å². The fraction of sp³-hybridized carbons (Fsp3) is 0.333. The van der Waals surface area contributed by atoms with Crippen LogP contribution in [0, 0.1) is 11.7 Å². The molecule has 3 rings (SSSR count). The van der Waals surface area contributed by atoms with Crippen LogP contribution >= 0.6 is 23.2 Å². The summed E-state index contributed by atoms with van der Waals surface area (Å²) in [6.07, 6.45) is 0.165. The summed E-state index contributed by atoms with van der Waals surface area (Å²) in [5, 5.41) is 3.61. The molecule has 0 heterocycles. The van der Waals surface area contributed by atoms with Gasteiger partial charge in [-0.1, -0.05) is 73.4 Å². The SMILES string of the molecule is CC(C)CNC(=O)[C@@H](Cc1ccccc1)N(Cc1ccc(Cl)cc1Cl)C(=O)CN(c1ccc(F)cc1)S(=O)(=O)N(C)C. The number of carbonyl (C=O) groups excluding carboxylic acids is 2. The Hall–Kier alpha value is -3.18. The molecule has 42 heavy (non-hydrogen) atoms. The summed E-state index contributed by atoms with van der Waals surface area (Å²) < 4.78 is 42.3. The summed E-state index contributed by atoms with van der Waals surface area (Å²) in [7, 11) is -1.53. The normalized spacial score (nSPS) is 12.3. The second-order valence-electron chi connectivity index (χ2n) is 10.4. The highest BCUT2D eigenvalue weighted by Gasteiger charge is 2.35. The molecule has 0 aliphatic heterocycles. The van der Waals surface area contributed by atoms with E-state index in [4.69, 9.17) is 23.2 Å². The van der Waals surface area contributed by atoms with Crippen molar-refractivity contribution in [1.82, 2.24) is 14.5 Å².